The molecular weight excluding hydrogens is 352 g/mol. The van der Waals surface area contributed by atoms with Crippen LogP contribution in [0.4, 0.5) is 5.69 Å². The monoisotopic (exact) mass is 378 g/mol. The number of phenolic OH excluding ortho intramolecular Hbond substituents is 1. The number of phenols is 1. The number of aromatic hydroxyl groups is 1. The van der Waals surface area contributed by atoms with Gasteiger partial charge in [0, 0.05) is 17.5 Å². The maximum absolute atomic E-state index is 10.3. The predicted octanol–water partition coefficient (Wildman–Crippen LogP) is 4.06. The van der Waals surface area contributed by atoms with Gasteiger partial charge in [-0.3, -0.25) is 4.90 Å². The zero-order chi connectivity index (χ0) is 14.9. The van der Waals surface area contributed by atoms with Gasteiger partial charge in [0.25, 0.3) is 0 Å². The zero-order valence-electron chi connectivity index (χ0n) is 13.8. The summed E-state index contributed by atoms with van der Waals surface area (Å²) in [5.41, 5.74) is 3.18. The highest BCUT2D eigenvalue weighted by Gasteiger charge is 2.66. The molecule has 23 heavy (non-hydrogen) atoms. The molecule has 0 amide bonds. The molecule has 2 N–H and O–H groups in total. The number of rotatable bonds is 1. The number of hydrogen-bond acceptors (Lipinski definition) is 3. The fourth-order valence-corrected chi connectivity index (χ4v) is 6.65. The molecule has 0 aromatic heterocycles. The largest absolute Gasteiger partial charge is 0.506 e. The molecule has 1 aromatic carbocycles. The lowest BCUT2D eigenvalue weighted by molar-refractivity contribution is -0.0309. The Morgan fingerprint density at radius 1 is 1.26 bits per heavy atom. The van der Waals surface area contributed by atoms with Crippen molar-refractivity contribution in [2.45, 2.75) is 62.9 Å². The van der Waals surface area contributed by atoms with Gasteiger partial charge in [-0.05, 0) is 68.7 Å². The molecule has 4 heteroatoms. The van der Waals surface area contributed by atoms with Gasteiger partial charge in [-0.15, -0.1) is 17.0 Å². The van der Waals surface area contributed by atoms with Crippen LogP contribution in [0.3, 0.4) is 0 Å². The van der Waals surface area contributed by atoms with E-state index in [1.807, 2.05) is 12.1 Å². The van der Waals surface area contributed by atoms with Crippen LogP contribution in [0.25, 0.3) is 0 Å². The molecule has 2 unspecified atom stereocenters. The van der Waals surface area contributed by atoms with Crippen LogP contribution in [0.2, 0.25) is 0 Å². The minimum Gasteiger partial charge on any atom is -0.506 e. The fraction of sp³-hybridized carbons (Fsp3) is 0.684. The van der Waals surface area contributed by atoms with E-state index < -0.39 is 0 Å². The van der Waals surface area contributed by atoms with Crippen LogP contribution in [-0.4, -0.2) is 35.2 Å². The van der Waals surface area contributed by atoms with E-state index in [-0.39, 0.29) is 22.4 Å². The molecule has 2 saturated heterocycles. The van der Waals surface area contributed by atoms with Gasteiger partial charge in [0.05, 0.1) is 5.69 Å². The number of hydrogen-bond donors (Lipinski definition) is 2. The molecule has 0 radical (unpaired) electrons. The van der Waals surface area contributed by atoms with Crippen LogP contribution in [0.15, 0.2) is 18.2 Å². The summed E-state index contributed by atoms with van der Waals surface area (Å²) < 4.78 is 0. The van der Waals surface area contributed by atoms with E-state index in [2.05, 4.69) is 23.2 Å². The third-order valence-electron chi connectivity index (χ3n) is 7.49. The standard InChI is InChI=1S/C19H26N2O.BrH/c1-2-18-8-4-11-21-12-10-19(17(18)21)13-5-3-6-14(22)16(13)20-15(19)7-9-18;/h3,5-6,15,17,20,22H,2,4,7-12H2,1H3;1H/t15?,17?,18-,19-;/m1./s1. The Morgan fingerprint density at radius 2 is 2.13 bits per heavy atom. The molecule has 1 aliphatic carbocycles. The number of fused-ring (bicyclic) bond motifs is 1. The summed E-state index contributed by atoms with van der Waals surface area (Å²) in [5, 5.41) is 14.1. The van der Waals surface area contributed by atoms with E-state index >= 15 is 0 Å². The molecule has 1 aromatic rings. The Bertz CT molecular complexity index is 636. The van der Waals surface area contributed by atoms with Crippen LogP contribution in [0, 0.1) is 5.41 Å². The SMILES string of the molecule is Br.CC[C@@]12CCCN3CC[C@]4(c5cccc(O)c5NC4CC1)C32. The Labute approximate surface area is 149 Å². The highest BCUT2D eigenvalue weighted by atomic mass is 79.9. The van der Waals surface area contributed by atoms with Crippen molar-refractivity contribution in [2.24, 2.45) is 5.41 Å². The Kier molecular flexibility index (Phi) is 3.51. The maximum Gasteiger partial charge on any atom is 0.138 e. The van der Waals surface area contributed by atoms with Crippen molar-refractivity contribution in [3.05, 3.63) is 23.8 Å². The number of nitrogens with one attached hydrogen (secondary N) is 1. The Hall–Kier alpha value is -0.740. The lowest BCUT2D eigenvalue weighted by atomic mass is 9.52. The van der Waals surface area contributed by atoms with Crippen LogP contribution < -0.4 is 5.32 Å². The summed E-state index contributed by atoms with van der Waals surface area (Å²) in [6, 6.07) is 7.35. The molecule has 1 spiro atoms. The first kappa shape index (κ1) is 15.8. The highest BCUT2D eigenvalue weighted by Crippen LogP contribution is 2.64. The quantitative estimate of drug-likeness (QED) is 0.723. The number of halogens is 1. The second-order valence-corrected chi connectivity index (χ2v) is 7.98. The topological polar surface area (TPSA) is 35.5 Å². The van der Waals surface area contributed by atoms with E-state index in [0.717, 1.165) is 5.69 Å². The molecule has 126 valence electrons. The van der Waals surface area contributed by atoms with Crippen molar-refractivity contribution in [1.82, 2.24) is 4.90 Å². The number of piperidine rings is 1. The van der Waals surface area contributed by atoms with Gasteiger partial charge in [-0.25, -0.2) is 0 Å². The van der Waals surface area contributed by atoms with Gasteiger partial charge in [0.15, 0.2) is 0 Å². The molecule has 5 rings (SSSR count). The van der Waals surface area contributed by atoms with Gasteiger partial charge < -0.3 is 10.4 Å². The first-order chi connectivity index (χ1) is 10.7. The van der Waals surface area contributed by atoms with Gasteiger partial charge in [-0.2, -0.15) is 0 Å². The first-order valence-corrected chi connectivity index (χ1v) is 9.04. The van der Waals surface area contributed by atoms with Crippen molar-refractivity contribution in [2.75, 3.05) is 18.4 Å². The summed E-state index contributed by atoms with van der Waals surface area (Å²) in [5.74, 6) is 0.442. The van der Waals surface area contributed by atoms with Crippen LogP contribution in [-0.2, 0) is 5.41 Å². The molecule has 3 fully saturated rings. The van der Waals surface area contributed by atoms with Crippen molar-refractivity contribution in [1.29, 1.82) is 0 Å². The summed E-state index contributed by atoms with van der Waals surface area (Å²) in [7, 11) is 0. The van der Waals surface area contributed by atoms with Crippen molar-refractivity contribution >= 4 is 22.7 Å². The van der Waals surface area contributed by atoms with E-state index in [1.54, 1.807) is 0 Å². The number of nitrogens with zero attached hydrogens (tertiary/aromatic N) is 1. The average Bonchev–Trinajstić information content (AvgIpc) is 3.10. The second-order valence-electron chi connectivity index (χ2n) is 7.98. The molecule has 3 aliphatic heterocycles. The smallest absolute Gasteiger partial charge is 0.138 e. The van der Waals surface area contributed by atoms with Gasteiger partial charge >= 0.3 is 0 Å². The van der Waals surface area contributed by atoms with Gasteiger partial charge in [0.2, 0.25) is 0 Å². The average molecular weight is 379 g/mol. The normalized spacial score (nSPS) is 40.6. The van der Waals surface area contributed by atoms with Crippen molar-refractivity contribution in [3.63, 3.8) is 0 Å². The Balaban J connectivity index is 0.00000135. The zero-order valence-corrected chi connectivity index (χ0v) is 15.6. The first-order valence-electron chi connectivity index (χ1n) is 9.04. The minimum absolute atomic E-state index is 0. The molecule has 4 atom stereocenters. The summed E-state index contributed by atoms with van der Waals surface area (Å²) in [6.45, 7) is 4.91. The van der Waals surface area contributed by atoms with Crippen LogP contribution in [0.1, 0.15) is 51.0 Å². The Morgan fingerprint density at radius 3 is 2.96 bits per heavy atom. The lowest BCUT2D eigenvalue weighted by Crippen LogP contribution is -2.63. The predicted molar refractivity (Wildman–Crippen MR) is 98.7 cm³/mol. The van der Waals surface area contributed by atoms with Gasteiger partial charge in [-0.1, -0.05) is 19.1 Å². The third-order valence-corrected chi connectivity index (χ3v) is 7.49. The van der Waals surface area contributed by atoms with E-state index in [0.29, 0.717) is 23.2 Å². The van der Waals surface area contributed by atoms with E-state index in [1.165, 1.54) is 57.2 Å². The number of para-hydroxylation sites is 1. The van der Waals surface area contributed by atoms with Gasteiger partial charge in [0.1, 0.15) is 5.75 Å². The van der Waals surface area contributed by atoms with Crippen molar-refractivity contribution in [3.8, 4) is 5.75 Å². The van der Waals surface area contributed by atoms with Crippen LogP contribution >= 0.6 is 17.0 Å². The lowest BCUT2D eigenvalue weighted by Gasteiger charge is -2.58. The molecule has 1 saturated carbocycles. The van der Waals surface area contributed by atoms with Crippen LogP contribution in [0.5, 0.6) is 5.75 Å². The molecule has 4 aliphatic rings. The third kappa shape index (κ3) is 1.74. The summed E-state index contributed by atoms with van der Waals surface area (Å²) in [6.07, 6.45) is 7.92. The van der Waals surface area contributed by atoms with E-state index in [9.17, 15) is 5.11 Å². The maximum atomic E-state index is 10.3. The highest BCUT2D eigenvalue weighted by molar-refractivity contribution is 8.93. The minimum atomic E-state index is 0. The fourth-order valence-electron chi connectivity index (χ4n) is 6.65. The van der Waals surface area contributed by atoms with Crippen molar-refractivity contribution < 1.29 is 5.11 Å². The molecule has 3 nitrogen and oxygen atoms in total. The summed E-state index contributed by atoms with van der Waals surface area (Å²) >= 11 is 0. The van der Waals surface area contributed by atoms with E-state index in [4.69, 9.17) is 0 Å². The number of anilines is 1. The number of benzene rings is 1. The molecule has 3 heterocycles. The molecular formula is C19H27BrN2O. The summed E-state index contributed by atoms with van der Waals surface area (Å²) in [4.78, 5) is 2.79. The second kappa shape index (κ2) is 5.13. The molecule has 0 bridgehead atoms.